The zero-order valence-corrected chi connectivity index (χ0v) is 6.59. The first kappa shape index (κ1) is 8.27. The molecule has 0 aromatic carbocycles. The average Bonchev–Trinajstić information content (AvgIpc) is 1.66. The fourth-order valence-corrected chi connectivity index (χ4v) is 0.991. The molecule has 0 saturated heterocycles. The molecule has 0 saturated carbocycles. The molecule has 8 heavy (non-hydrogen) atoms. The van der Waals surface area contributed by atoms with Crippen LogP contribution in [0.1, 0.15) is 0 Å². The third kappa shape index (κ3) is 6.27. The van der Waals surface area contributed by atoms with Gasteiger partial charge in [-0.1, -0.05) is 11.9 Å². The van der Waals surface area contributed by atoms with E-state index in [2.05, 4.69) is 23.7 Å². The first-order valence-electron chi connectivity index (χ1n) is 2.70. The lowest BCUT2D eigenvalue weighted by Crippen LogP contribution is -2.16. The van der Waals surface area contributed by atoms with E-state index < -0.39 is 0 Å². The maximum Gasteiger partial charge on any atom is 0.0206 e. The van der Waals surface area contributed by atoms with Gasteiger partial charge in [0.1, 0.15) is 0 Å². The predicted molar refractivity (Wildman–Crippen MR) is 40.1 cm³/mol. The van der Waals surface area contributed by atoms with E-state index in [4.69, 9.17) is 0 Å². The summed E-state index contributed by atoms with van der Waals surface area (Å²) in [4.78, 5) is 2.17. The van der Waals surface area contributed by atoms with E-state index in [-0.39, 0.29) is 0 Å². The van der Waals surface area contributed by atoms with Crippen molar-refractivity contribution >= 4 is 11.9 Å². The Morgan fingerprint density at radius 3 is 2.50 bits per heavy atom. The predicted octanol–water partition coefficient (Wildman–Crippen LogP) is 0.416. The normalized spacial score (nSPS) is 10.5. The summed E-state index contributed by atoms with van der Waals surface area (Å²) in [5, 5.41) is 0. The third-order valence-corrected chi connectivity index (χ3v) is 1.46. The minimum atomic E-state index is 1.14. The molecule has 50 valence electrons. The molecular weight excluding hydrogens is 120 g/mol. The number of nitrogens with one attached hydrogen (secondary N) is 1. The first-order valence-corrected chi connectivity index (χ1v) is 3.69. The summed E-state index contributed by atoms with van der Waals surface area (Å²) in [5.74, 6) is 1.16. The van der Waals surface area contributed by atoms with Crippen molar-refractivity contribution in [2.75, 3.05) is 33.4 Å². The summed E-state index contributed by atoms with van der Waals surface area (Å²) >= 11 is 1.74. The number of hydrogen-bond acceptors (Lipinski definition) is 3. The van der Waals surface area contributed by atoms with Gasteiger partial charge in [0.05, 0.1) is 0 Å². The van der Waals surface area contributed by atoms with Crippen LogP contribution in [0.15, 0.2) is 0 Å². The van der Waals surface area contributed by atoms with Gasteiger partial charge in [0.2, 0.25) is 0 Å². The zero-order chi connectivity index (χ0) is 6.41. The van der Waals surface area contributed by atoms with Gasteiger partial charge in [-0.3, -0.25) is 4.72 Å². The van der Waals surface area contributed by atoms with Crippen LogP contribution in [0.5, 0.6) is 0 Å². The fourth-order valence-electron chi connectivity index (χ4n) is 0.330. The molecule has 0 aliphatic heterocycles. The molecule has 0 aliphatic carbocycles. The van der Waals surface area contributed by atoms with E-state index in [1.165, 1.54) is 0 Å². The standard InChI is InChI=1S/C5H14N2S/c1-6-8-5-4-7(2)3/h6H,4-5H2,1-3H3. The fraction of sp³-hybridized carbons (Fsp3) is 1.00. The summed E-state index contributed by atoms with van der Waals surface area (Å²) in [6, 6.07) is 0. The van der Waals surface area contributed by atoms with Crippen molar-refractivity contribution in [1.29, 1.82) is 0 Å². The van der Waals surface area contributed by atoms with Gasteiger partial charge in [0.15, 0.2) is 0 Å². The molecule has 0 bridgehead atoms. The summed E-state index contributed by atoms with van der Waals surface area (Å²) in [6.45, 7) is 1.14. The monoisotopic (exact) mass is 134 g/mol. The Kier molecular flexibility index (Phi) is 5.59. The topological polar surface area (TPSA) is 15.3 Å². The molecule has 0 rings (SSSR count). The quantitative estimate of drug-likeness (QED) is 0.443. The van der Waals surface area contributed by atoms with E-state index in [1.807, 2.05) is 7.05 Å². The molecule has 0 unspecified atom stereocenters. The van der Waals surface area contributed by atoms with Crippen LogP contribution in [0.2, 0.25) is 0 Å². The molecule has 1 N–H and O–H groups in total. The molecule has 0 amide bonds. The second-order valence-corrected chi connectivity index (χ2v) is 2.96. The molecule has 0 radical (unpaired) electrons. The van der Waals surface area contributed by atoms with Crippen molar-refractivity contribution in [3.63, 3.8) is 0 Å². The van der Waals surface area contributed by atoms with Gasteiger partial charge in [-0.25, -0.2) is 0 Å². The van der Waals surface area contributed by atoms with E-state index in [0.717, 1.165) is 12.3 Å². The van der Waals surface area contributed by atoms with Crippen molar-refractivity contribution < 1.29 is 0 Å². The van der Waals surface area contributed by atoms with E-state index in [1.54, 1.807) is 11.9 Å². The zero-order valence-electron chi connectivity index (χ0n) is 5.77. The molecule has 3 heteroatoms. The van der Waals surface area contributed by atoms with Crippen LogP contribution in [0.3, 0.4) is 0 Å². The van der Waals surface area contributed by atoms with Gasteiger partial charge >= 0.3 is 0 Å². The van der Waals surface area contributed by atoms with Gasteiger partial charge < -0.3 is 4.90 Å². The van der Waals surface area contributed by atoms with Crippen molar-refractivity contribution in [1.82, 2.24) is 9.62 Å². The maximum atomic E-state index is 3.01. The summed E-state index contributed by atoms with van der Waals surface area (Å²) in [7, 11) is 6.10. The molecular formula is C5H14N2S. The van der Waals surface area contributed by atoms with E-state index in [9.17, 15) is 0 Å². The van der Waals surface area contributed by atoms with Gasteiger partial charge in [-0.2, -0.15) is 0 Å². The smallest absolute Gasteiger partial charge is 0.0206 e. The van der Waals surface area contributed by atoms with Crippen LogP contribution in [0.25, 0.3) is 0 Å². The maximum absolute atomic E-state index is 3.01. The van der Waals surface area contributed by atoms with Crippen LogP contribution in [0, 0.1) is 0 Å². The van der Waals surface area contributed by atoms with Crippen LogP contribution < -0.4 is 4.72 Å². The summed E-state index contributed by atoms with van der Waals surface area (Å²) in [5.41, 5.74) is 0. The average molecular weight is 134 g/mol. The van der Waals surface area contributed by atoms with Crippen LogP contribution >= 0.6 is 11.9 Å². The van der Waals surface area contributed by atoms with E-state index in [0.29, 0.717) is 0 Å². The van der Waals surface area contributed by atoms with Gasteiger partial charge in [-0.15, -0.1) is 0 Å². The lowest BCUT2D eigenvalue weighted by Gasteiger charge is -2.06. The van der Waals surface area contributed by atoms with E-state index >= 15 is 0 Å². The van der Waals surface area contributed by atoms with Crippen molar-refractivity contribution in [3.05, 3.63) is 0 Å². The molecule has 0 aromatic rings. The molecule has 0 atom stereocenters. The Labute approximate surface area is 55.8 Å². The molecule has 0 heterocycles. The Hall–Kier alpha value is 0.270. The Bertz CT molecular complexity index is 47.7. The lowest BCUT2D eigenvalue weighted by molar-refractivity contribution is 0.437. The van der Waals surface area contributed by atoms with Crippen LogP contribution in [-0.2, 0) is 0 Å². The number of nitrogens with zero attached hydrogens (tertiary/aromatic N) is 1. The highest BCUT2D eigenvalue weighted by molar-refractivity contribution is 7.97. The van der Waals surface area contributed by atoms with Crippen LogP contribution in [-0.4, -0.2) is 38.3 Å². The molecule has 0 spiro atoms. The third-order valence-electron chi connectivity index (χ3n) is 0.785. The molecule has 2 nitrogen and oxygen atoms in total. The summed E-state index contributed by atoms with van der Waals surface area (Å²) in [6.07, 6.45) is 0. The highest BCUT2D eigenvalue weighted by Gasteiger charge is 1.86. The number of rotatable bonds is 4. The largest absolute Gasteiger partial charge is 0.309 e. The minimum absolute atomic E-state index is 1.14. The van der Waals surface area contributed by atoms with Gasteiger partial charge in [0, 0.05) is 12.3 Å². The van der Waals surface area contributed by atoms with Crippen molar-refractivity contribution in [3.8, 4) is 0 Å². The van der Waals surface area contributed by atoms with Gasteiger partial charge in [0.25, 0.3) is 0 Å². The SMILES string of the molecule is CNSCCN(C)C. The van der Waals surface area contributed by atoms with Crippen molar-refractivity contribution in [2.45, 2.75) is 0 Å². The second-order valence-electron chi connectivity index (χ2n) is 1.86. The lowest BCUT2D eigenvalue weighted by atomic mass is 10.7. The Morgan fingerprint density at radius 2 is 2.12 bits per heavy atom. The van der Waals surface area contributed by atoms with Crippen LogP contribution in [0.4, 0.5) is 0 Å². The molecule has 0 aromatic heterocycles. The Balaban J connectivity index is 2.72. The molecule has 0 aliphatic rings. The second kappa shape index (κ2) is 5.41. The van der Waals surface area contributed by atoms with Crippen molar-refractivity contribution in [2.24, 2.45) is 0 Å². The molecule has 0 fully saturated rings. The minimum Gasteiger partial charge on any atom is -0.309 e. The van der Waals surface area contributed by atoms with Gasteiger partial charge in [-0.05, 0) is 21.1 Å². The highest BCUT2D eigenvalue weighted by atomic mass is 32.2. The summed E-state index contributed by atoms with van der Waals surface area (Å²) < 4.78 is 3.01. The highest BCUT2D eigenvalue weighted by Crippen LogP contribution is 1.89. The Morgan fingerprint density at radius 1 is 1.50 bits per heavy atom. The first-order chi connectivity index (χ1) is 3.77. The number of hydrogen-bond donors (Lipinski definition) is 1.